The summed E-state index contributed by atoms with van der Waals surface area (Å²) in [4.78, 5) is 10.6. The molecule has 0 aromatic rings. The van der Waals surface area contributed by atoms with Gasteiger partial charge in [-0.05, 0) is 40.7 Å². The Morgan fingerprint density at radius 3 is 2.18 bits per heavy atom. The minimum atomic E-state index is -0.211. The Kier molecular flexibility index (Phi) is 6.51. The summed E-state index contributed by atoms with van der Waals surface area (Å²) in [6, 6.07) is 0.0294. The number of nitrogens with zero attached hydrogens (tertiary/aromatic N) is 1. The quantitative estimate of drug-likeness (QED) is 0.354. The number of thiol groups is 1. The average Bonchev–Trinajstić information content (AvgIpc) is 2.36. The smallest absolute Gasteiger partial charge is 0.207 e. The molecule has 0 heterocycles. The van der Waals surface area contributed by atoms with Gasteiger partial charge in [0.25, 0.3) is 0 Å². The average molecular weight is 261 g/mol. The summed E-state index contributed by atoms with van der Waals surface area (Å²) in [7, 11) is 1.93. The normalized spacial score (nSPS) is 20.5. The number of amides is 1. The lowest BCUT2D eigenvalue weighted by Gasteiger charge is -2.50. The molecule has 0 aliphatic carbocycles. The van der Waals surface area contributed by atoms with Gasteiger partial charge in [0.1, 0.15) is 0 Å². The molecule has 1 amide bonds. The lowest BCUT2D eigenvalue weighted by molar-refractivity contribution is -0.111. The van der Waals surface area contributed by atoms with Crippen LogP contribution in [-0.4, -0.2) is 35.0 Å². The molecule has 4 nitrogen and oxygen atoms in total. The van der Waals surface area contributed by atoms with E-state index in [2.05, 4.69) is 51.1 Å². The van der Waals surface area contributed by atoms with E-state index in [0.717, 1.165) is 19.3 Å². The van der Waals surface area contributed by atoms with Gasteiger partial charge in [0.05, 0.1) is 5.66 Å². The summed E-state index contributed by atoms with van der Waals surface area (Å²) in [5, 5.41) is 6.14. The van der Waals surface area contributed by atoms with E-state index < -0.39 is 0 Å². The zero-order valence-corrected chi connectivity index (χ0v) is 12.8. The van der Waals surface area contributed by atoms with Crippen molar-refractivity contribution in [2.45, 2.75) is 64.7 Å². The highest BCUT2D eigenvalue weighted by molar-refractivity contribution is 7.77. The molecule has 0 aliphatic heterocycles. The van der Waals surface area contributed by atoms with Crippen LogP contribution in [0.1, 0.15) is 47.5 Å². The van der Waals surface area contributed by atoms with Gasteiger partial charge >= 0.3 is 0 Å². The van der Waals surface area contributed by atoms with Gasteiger partial charge in [0.15, 0.2) is 0 Å². The van der Waals surface area contributed by atoms with Gasteiger partial charge in [-0.2, -0.15) is 0 Å². The van der Waals surface area contributed by atoms with Crippen molar-refractivity contribution in [1.29, 1.82) is 0 Å². The molecule has 0 spiro atoms. The Morgan fingerprint density at radius 2 is 1.88 bits per heavy atom. The van der Waals surface area contributed by atoms with Crippen LogP contribution in [0.2, 0.25) is 0 Å². The third-order valence-electron chi connectivity index (χ3n) is 4.15. The molecule has 0 saturated heterocycles. The minimum Gasteiger partial charge on any atom is -0.354 e. The third-order valence-corrected chi connectivity index (χ3v) is 5.04. The van der Waals surface area contributed by atoms with E-state index in [0.29, 0.717) is 0 Å². The molecule has 2 N–H and O–H groups in total. The predicted octanol–water partition coefficient (Wildman–Crippen LogP) is 1.78. The second kappa shape index (κ2) is 6.61. The molecule has 0 bridgehead atoms. The predicted molar refractivity (Wildman–Crippen MR) is 75.9 cm³/mol. The van der Waals surface area contributed by atoms with Crippen LogP contribution in [0.4, 0.5) is 0 Å². The molecule has 0 saturated carbocycles. The van der Waals surface area contributed by atoms with Crippen molar-refractivity contribution < 1.29 is 4.79 Å². The first kappa shape index (κ1) is 16.7. The number of hydrogen-bond acceptors (Lipinski definition) is 4. The fraction of sp³-hybridized carbons (Fsp3) is 0.917. The standard InChI is InChI=1S/C12H27N3OS/c1-7-11(4,10(3)14-9-16)15(17)12(5,8-2)13-6/h9-10,13,17H,7-8H2,1-6H3,(H,14,16). The molecule has 0 aromatic carbocycles. The Bertz CT molecular complexity index is 246. The Hall–Kier alpha value is -0.260. The molecular weight excluding hydrogens is 234 g/mol. The Morgan fingerprint density at radius 1 is 1.35 bits per heavy atom. The van der Waals surface area contributed by atoms with E-state index in [4.69, 9.17) is 0 Å². The van der Waals surface area contributed by atoms with Crippen LogP contribution in [0.15, 0.2) is 0 Å². The maximum absolute atomic E-state index is 10.6. The van der Waals surface area contributed by atoms with Gasteiger partial charge in [-0.1, -0.05) is 26.7 Å². The van der Waals surface area contributed by atoms with Crippen LogP contribution in [0.5, 0.6) is 0 Å². The first-order valence-electron chi connectivity index (χ1n) is 6.20. The zero-order chi connectivity index (χ0) is 13.7. The summed E-state index contributed by atoms with van der Waals surface area (Å²) in [6.45, 7) is 10.5. The molecule has 0 aliphatic rings. The first-order chi connectivity index (χ1) is 7.82. The van der Waals surface area contributed by atoms with Gasteiger partial charge < -0.3 is 10.6 Å². The number of nitrogens with one attached hydrogen (secondary N) is 2. The molecule has 5 heteroatoms. The van der Waals surface area contributed by atoms with Crippen LogP contribution in [-0.2, 0) is 4.79 Å². The van der Waals surface area contributed by atoms with E-state index in [-0.39, 0.29) is 17.2 Å². The SMILES string of the molecule is CCC(C)(NC)N(S)C(C)(CC)C(C)NC=O. The molecule has 102 valence electrons. The molecular formula is C12H27N3OS. The van der Waals surface area contributed by atoms with E-state index in [1.165, 1.54) is 0 Å². The zero-order valence-electron chi connectivity index (χ0n) is 11.9. The monoisotopic (exact) mass is 261 g/mol. The van der Waals surface area contributed by atoms with E-state index in [9.17, 15) is 4.79 Å². The third kappa shape index (κ3) is 3.36. The highest BCUT2D eigenvalue weighted by atomic mass is 32.1. The number of carbonyl (C=O) groups is 1. The number of rotatable bonds is 8. The van der Waals surface area contributed by atoms with Crippen LogP contribution in [0.25, 0.3) is 0 Å². The van der Waals surface area contributed by atoms with Crippen molar-refractivity contribution in [1.82, 2.24) is 14.9 Å². The van der Waals surface area contributed by atoms with Crippen LogP contribution < -0.4 is 10.6 Å². The lowest BCUT2D eigenvalue weighted by Crippen LogP contribution is -2.65. The molecule has 3 unspecified atom stereocenters. The van der Waals surface area contributed by atoms with Gasteiger partial charge in [-0.15, -0.1) is 0 Å². The van der Waals surface area contributed by atoms with Gasteiger partial charge in [0, 0.05) is 11.6 Å². The lowest BCUT2D eigenvalue weighted by atomic mass is 9.88. The maximum atomic E-state index is 10.6. The topological polar surface area (TPSA) is 44.4 Å². The summed E-state index contributed by atoms with van der Waals surface area (Å²) in [5.41, 5.74) is -0.412. The van der Waals surface area contributed by atoms with Crippen molar-refractivity contribution in [3.63, 3.8) is 0 Å². The van der Waals surface area contributed by atoms with Crippen molar-refractivity contribution >= 4 is 19.2 Å². The fourth-order valence-corrected chi connectivity index (χ4v) is 2.47. The number of carbonyl (C=O) groups excluding carboxylic acids is 1. The molecule has 0 radical (unpaired) electrons. The second-order valence-corrected chi connectivity index (χ2v) is 5.31. The minimum absolute atomic E-state index is 0.0294. The van der Waals surface area contributed by atoms with Crippen LogP contribution in [0, 0.1) is 0 Å². The summed E-state index contributed by atoms with van der Waals surface area (Å²) in [5.74, 6) is 0. The van der Waals surface area contributed by atoms with Crippen LogP contribution >= 0.6 is 12.8 Å². The summed E-state index contributed by atoms with van der Waals surface area (Å²) < 4.78 is 2.03. The second-order valence-electron chi connectivity index (χ2n) is 4.91. The maximum Gasteiger partial charge on any atom is 0.207 e. The molecule has 0 aromatic heterocycles. The number of hydrogen-bond donors (Lipinski definition) is 3. The van der Waals surface area contributed by atoms with Crippen molar-refractivity contribution in [2.75, 3.05) is 7.05 Å². The fourth-order valence-electron chi connectivity index (χ4n) is 1.92. The van der Waals surface area contributed by atoms with Crippen molar-refractivity contribution in [3.05, 3.63) is 0 Å². The molecule has 0 rings (SSSR count). The van der Waals surface area contributed by atoms with E-state index >= 15 is 0 Å². The largest absolute Gasteiger partial charge is 0.354 e. The molecule has 17 heavy (non-hydrogen) atoms. The molecule has 0 fully saturated rings. The van der Waals surface area contributed by atoms with Gasteiger partial charge in [-0.25, -0.2) is 4.31 Å². The van der Waals surface area contributed by atoms with Crippen molar-refractivity contribution in [3.8, 4) is 0 Å². The van der Waals surface area contributed by atoms with E-state index in [1.54, 1.807) is 0 Å². The van der Waals surface area contributed by atoms with Crippen molar-refractivity contribution in [2.24, 2.45) is 0 Å². The summed E-state index contributed by atoms with van der Waals surface area (Å²) >= 11 is 4.68. The van der Waals surface area contributed by atoms with Gasteiger partial charge in [-0.3, -0.25) is 4.79 Å². The van der Waals surface area contributed by atoms with Crippen LogP contribution in [0.3, 0.4) is 0 Å². The van der Waals surface area contributed by atoms with Gasteiger partial charge in [0.2, 0.25) is 6.41 Å². The Balaban J connectivity index is 5.14. The first-order valence-corrected chi connectivity index (χ1v) is 6.60. The molecule has 3 atom stereocenters. The highest BCUT2D eigenvalue weighted by Crippen LogP contribution is 2.33. The Labute approximate surface area is 111 Å². The summed E-state index contributed by atoms with van der Waals surface area (Å²) in [6.07, 6.45) is 2.58. The van der Waals surface area contributed by atoms with E-state index in [1.807, 2.05) is 18.3 Å². The highest BCUT2D eigenvalue weighted by Gasteiger charge is 2.42.